The summed E-state index contributed by atoms with van der Waals surface area (Å²) in [5.41, 5.74) is 5.89. The van der Waals surface area contributed by atoms with Gasteiger partial charge in [0.2, 0.25) is 5.88 Å². The largest absolute Gasteiger partial charge is 0.493 e. The molecule has 3 aromatic rings. The number of aliphatic hydroxyl groups excluding tert-OH is 4. The number of rotatable bonds is 15. The Morgan fingerprint density at radius 2 is 1.26 bits per heavy atom. The molecule has 4 N–H and O–H groups in total. The molecular weight excluding hydrogens is 743 g/mol. The fourth-order valence-electron chi connectivity index (χ4n) is 4.82. The number of nitrogens with zero attached hydrogens (tertiary/aromatic N) is 3. The number of hydrogen-bond donors (Lipinski definition) is 4. The molecule has 1 aliphatic heterocycles. The second kappa shape index (κ2) is 21.5. The van der Waals surface area contributed by atoms with Crippen LogP contribution in [0.2, 0.25) is 18.1 Å². The van der Waals surface area contributed by atoms with Crippen LogP contribution in [0.5, 0.6) is 17.4 Å². The third-order valence-corrected chi connectivity index (χ3v) is 13.7. The molecule has 0 spiro atoms. The molecule has 0 unspecified atom stereocenters. The molecule has 0 bridgehead atoms. The van der Waals surface area contributed by atoms with Gasteiger partial charge >= 0.3 is 0 Å². The Morgan fingerprint density at radius 3 is 1.79 bits per heavy atom. The van der Waals surface area contributed by atoms with E-state index in [9.17, 15) is 20.4 Å². The smallest absolute Gasteiger partial charge is 0.214 e. The van der Waals surface area contributed by atoms with Crippen LogP contribution in [-0.2, 0) is 9.47 Å². The van der Waals surface area contributed by atoms with Crippen molar-refractivity contribution >= 4 is 8.07 Å². The van der Waals surface area contributed by atoms with Crippen LogP contribution >= 0.6 is 0 Å². The first-order valence-electron chi connectivity index (χ1n) is 18.8. The topological polar surface area (TPSA) is 166 Å². The number of aliphatic hydroxyl groups is 4. The first-order chi connectivity index (χ1) is 27.2. The van der Waals surface area contributed by atoms with E-state index in [1.165, 1.54) is 0 Å². The molecule has 13 heteroatoms. The maximum absolute atomic E-state index is 10.1. The van der Waals surface area contributed by atoms with Crippen molar-refractivity contribution in [2.45, 2.75) is 88.9 Å². The average molecular weight is 796 g/mol. The van der Waals surface area contributed by atoms with Gasteiger partial charge in [0.1, 0.15) is 72.5 Å². The van der Waals surface area contributed by atoms with Gasteiger partial charge in [-0.25, -0.2) is 15.0 Å². The van der Waals surface area contributed by atoms with Gasteiger partial charge in [0, 0.05) is 36.8 Å². The second-order valence-electron chi connectivity index (χ2n) is 14.8. The van der Waals surface area contributed by atoms with Gasteiger partial charge < -0.3 is 44.1 Å². The van der Waals surface area contributed by atoms with Crippen LogP contribution < -0.4 is 14.2 Å². The standard InChI is InChI=1S/C44H53N3O9Si/c1-8-10-21-52-36-26-32(17-16-31-14-12-15-39(47-31)54-23-13-24-55-43-42(51)41(50)40(49)38(30-48)56-43)45-33(27-36)18-19-34-28-37(53-22-11-9-2)29-35(46-34)20-25-57(6,7)44(3,4)5/h8-9,12,14-15,26-29,38,40-43,48-51H,1-2,10-11,13,21-24,30H2,3-7H3/t38-,40+,41+,42-,43+/m1/s1. The molecule has 4 rings (SSSR count). The Bertz CT molecular complexity index is 2010. The molecule has 4 heterocycles. The summed E-state index contributed by atoms with van der Waals surface area (Å²) >= 11 is 0. The molecule has 1 fully saturated rings. The Kier molecular flexibility index (Phi) is 16.9. The summed E-state index contributed by atoms with van der Waals surface area (Å²) in [5, 5.41) is 39.5. The summed E-state index contributed by atoms with van der Waals surface area (Å²) in [6.45, 7) is 19.4. The minimum Gasteiger partial charge on any atom is -0.493 e. The van der Waals surface area contributed by atoms with Gasteiger partial charge in [0.05, 0.1) is 33.0 Å². The molecule has 57 heavy (non-hydrogen) atoms. The zero-order valence-corrected chi connectivity index (χ0v) is 34.3. The van der Waals surface area contributed by atoms with Gasteiger partial charge in [-0.2, -0.15) is 0 Å². The molecule has 302 valence electrons. The molecule has 1 aliphatic rings. The van der Waals surface area contributed by atoms with Crippen molar-refractivity contribution in [3.05, 3.63) is 96.2 Å². The zero-order chi connectivity index (χ0) is 41.4. The maximum atomic E-state index is 10.1. The van der Waals surface area contributed by atoms with Gasteiger partial charge in [-0.1, -0.05) is 58.0 Å². The Labute approximate surface area is 337 Å². The molecule has 0 saturated carbocycles. The van der Waals surface area contributed by atoms with Crippen molar-refractivity contribution < 1.29 is 44.1 Å². The molecule has 0 amide bonds. The van der Waals surface area contributed by atoms with Crippen LogP contribution in [0.15, 0.2) is 67.8 Å². The summed E-state index contributed by atoms with van der Waals surface area (Å²) in [6, 6.07) is 12.3. The number of hydrogen-bond acceptors (Lipinski definition) is 12. The lowest BCUT2D eigenvalue weighted by Crippen LogP contribution is -2.59. The van der Waals surface area contributed by atoms with Crippen molar-refractivity contribution in [3.8, 4) is 52.5 Å². The third-order valence-electron chi connectivity index (χ3n) is 9.19. The van der Waals surface area contributed by atoms with Gasteiger partial charge in [-0.3, -0.25) is 0 Å². The summed E-state index contributed by atoms with van der Waals surface area (Å²) in [6.07, 6.45) is -1.35. The highest BCUT2D eigenvalue weighted by atomic mass is 28.3. The van der Waals surface area contributed by atoms with E-state index in [1.807, 2.05) is 6.07 Å². The van der Waals surface area contributed by atoms with Crippen molar-refractivity contribution in [2.75, 3.05) is 33.0 Å². The van der Waals surface area contributed by atoms with E-state index >= 15 is 0 Å². The van der Waals surface area contributed by atoms with E-state index in [1.54, 1.807) is 48.6 Å². The molecule has 5 atom stereocenters. The van der Waals surface area contributed by atoms with E-state index in [4.69, 9.17) is 28.7 Å². The molecule has 0 radical (unpaired) electrons. The highest BCUT2D eigenvalue weighted by Crippen LogP contribution is 2.35. The lowest BCUT2D eigenvalue weighted by molar-refractivity contribution is -0.301. The van der Waals surface area contributed by atoms with E-state index in [-0.39, 0.29) is 18.3 Å². The summed E-state index contributed by atoms with van der Waals surface area (Å²) < 4.78 is 28.6. The lowest BCUT2D eigenvalue weighted by atomic mass is 9.99. The average Bonchev–Trinajstić information content (AvgIpc) is 3.18. The minimum absolute atomic E-state index is 0.0962. The normalized spacial score (nSPS) is 19.1. The molecule has 0 aromatic carbocycles. The van der Waals surface area contributed by atoms with Crippen LogP contribution in [0.25, 0.3) is 0 Å². The second-order valence-corrected chi connectivity index (χ2v) is 19.8. The molecule has 0 aliphatic carbocycles. The van der Waals surface area contributed by atoms with Gasteiger partial charge in [-0.05, 0) is 47.6 Å². The maximum Gasteiger partial charge on any atom is 0.214 e. The molecule has 12 nitrogen and oxygen atoms in total. The first kappa shape index (κ1) is 44.7. The quantitative estimate of drug-likeness (QED) is 0.0735. The Balaban J connectivity index is 1.50. The number of aromatic nitrogens is 3. The highest BCUT2D eigenvalue weighted by molar-refractivity contribution is 6.87. The van der Waals surface area contributed by atoms with Crippen molar-refractivity contribution in [3.63, 3.8) is 0 Å². The van der Waals surface area contributed by atoms with Crippen LogP contribution in [-0.4, -0.2) is 107 Å². The van der Waals surface area contributed by atoms with Gasteiger partial charge in [0.15, 0.2) is 6.29 Å². The minimum atomic E-state index is -1.89. The predicted octanol–water partition coefficient (Wildman–Crippen LogP) is 4.57. The van der Waals surface area contributed by atoms with Crippen LogP contribution in [0.4, 0.5) is 0 Å². The van der Waals surface area contributed by atoms with E-state index in [0.29, 0.717) is 78.3 Å². The van der Waals surface area contributed by atoms with Crippen LogP contribution in [0, 0.1) is 35.1 Å². The molecule has 1 saturated heterocycles. The van der Waals surface area contributed by atoms with E-state index in [0.717, 1.165) is 0 Å². The van der Waals surface area contributed by atoms with Crippen molar-refractivity contribution in [2.24, 2.45) is 0 Å². The van der Waals surface area contributed by atoms with Crippen molar-refractivity contribution in [1.82, 2.24) is 15.0 Å². The fraction of sp³-hybridized carbons (Fsp3) is 0.432. The highest BCUT2D eigenvalue weighted by Gasteiger charge is 2.44. The van der Waals surface area contributed by atoms with E-state index in [2.05, 4.69) is 92.1 Å². The molecule has 3 aromatic heterocycles. The fourth-order valence-corrected chi connectivity index (χ4v) is 5.64. The third kappa shape index (κ3) is 13.9. The lowest BCUT2D eigenvalue weighted by Gasteiger charge is -2.39. The van der Waals surface area contributed by atoms with Crippen molar-refractivity contribution in [1.29, 1.82) is 0 Å². The van der Waals surface area contributed by atoms with Gasteiger partial charge in [-0.15, -0.1) is 18.7 Å². The summed E-state index contributed by atoms with van der Waals surface area (Å²) in [5.74, 6) is 17.2. The Hall–Kier alpha value is -5.01. The Morgan fingerprint density at radius 1 is 0.719 bits per heavy atom. The monoisotopic (exact) mass is 795 g/mol. The SMILES string of the molecule is C=CCCOc1cc(C#Cc2cc(OCCC=C)cc(C#C[Si](C)(C)C(C)(C)C)n2)nc(C#Cc2cccc(OCCCO[C@H]3O[C@H](CO)[C@H](O)[C@H](O)[C@H]3O)n2)c1. The van der Waals surface area contributed by atoms with Crippen LogP contribution in [0.1, 0.15) is 68.5 Å². The van der Waals surface area contributed by atoms with Gasteiger partial charge in [0.25, 0.3) is 0 Å². The number of pyridine rings is 3. The molecular formula is C44H53N3O9Si. The van der Waals surface area contributed by atoms with Crippen LogP contribution in [0.3, 0.4) is 0 Å². The zero-order valence-electron chi connectivity index (χ0n) is 33.3. The number of ether oxygens (including phenoxy) is 5. The summed E-state index contributed by atoms with van der Waals surface area (Å²) in [7, 11) is -1.89. The predicted molar refractivity (Wildman–Crippen MR) is 219 cm³/mol. The van der Waals surface area contributed by atoms with E-state index < -0.39 is 45.4 Å². The summed E-state index contributed by atoms with van der Waals surface area (Å²) in [4.78, 5) is 13.9. The first-order valence-corrected chi connectivity index (χ1v) is 21.8.